The molecule has 1 saturated carbocycles. The molecule has 0 amide bonds. The van der Waals surface area contributed by atoms with E-state index in [9.17, 15) is 4.79 Å². The topological polar surface area (TPSA) is 93.4 Å². The number of nitrogens with one attached hydrogen (secondary N) is 2. The van der Waals surface area contributed by atoms with Gasteiger partial charge in [0.05, 0.1) is 23.2 Å². The van der Waals surface area contributed by atoms with Crippen molar-refractivity contribution in [3.05, 3.63) is 46.8 Å². The number of hydrogen-bond donors (Lipinski definition) is 2. The predicted molar refractivity (Wildman–Crippen MR) is 118 cm³/mol. The van der Waals surface area contributed by atoms with Gasteiger partial charge >= 0.3 is 5.97 Å². The second-order valence-electron chi connectivity index (χ2n) is 7.36. The molecule has 158 valence electrons. The Labute approximate surface area is 183 Å². The Bertz CT molecular complexity index is 1010. The first-order chi connectivity index (χ1) is 14.7. The summed E-state index contributed by atoms with van der Waals surface area (Å²) >= 11 is 3.53. The van der Waals surface area contributed by atoms with Crippen molar-refractivity contribution in [1.82, 2.24) is 19.6 Å². The van der Waals surface area contributed by atoms with Gasteiger partial charge in [-0.05, 0) is 47.3 Å². The van der Waals surface area contributed by atoms with Crippen LogP contribution in [0.4, 0.5) is 11.6 Å². The molecule has 1 aliphatic rings. The van der Waals surface area contributed by atoms with Crippen LogP contribution in [0.5, 0.6) is 0 Å². The highest BCUT2D eigenvalue weighted by atomic mass is 79.9. The molecule has 2 atom stereocenters. The van der Waals surface area contributed by atoms with E-state index in [1.165, 1.54) is 0 Å². The molecule has 3 aromatic rings. The van der Waals surface area contributed by atoms with Crippen LogP contribution in [0.25, 0.3) is 5.65 Å². The summed E-state index contributed by atoms with van der Waals surface area (Å²) in [6, 6.07) is 5.86. The highest BCUT2D eigenvalue weighted by Gasteiger charge is 2.32. The van der Waals surface area contributed by atoms with Crippen LogP contribution in [0.1, 0.15) is 38.2 Å². The quantitative estimate of drug-likeness (QED) is 0.501. The van der Waals surface area contributed by atoms with E-state index in [0.29, 0.717) is 24.6 Å². The van der Waals surface area contributed by atoms with E-state index in [4.69, 9.17) is 9.72 Å². The summed E-state index contributed by atoms with van der Waals surface area (Å²) in [6.45, 7) is 2.85. The predicted octanol–water partition coefficient (Wildman–Crippen LogP) is 4.03. The number of ether oxygens (including phenoxy) is 1. The molecule has 3 heterocycles. The van der Waals surface area contributed by atoms with E-state index in [-0.39, 0.29) is 17.9 Å². The zero-order valence-corrected chi connectivity index (χ0v) is 18.4. The Kier molecular flexibility index (Phi) is 6.47. The minimum atomic E-state index is -0.156. The molecule has 0 saturated heterocycles. The van der Waals surface area contributed by atoms with Gasteiger partial charge in [-0.2, -0.15) is 9.61 Å². The lowest BCUT2D eigenvalue weighted by atomic mass is 9.84. The average Bonchev–Trinajstić information content (AvgIpc) is 3.14. The Balaban J connectivity index is 1.59. The molecule has 1 fully saturated rings. The van der Waals surface area contributed by atoms with E-state index in [2.05, 4.69) is 36.6 Å². The van der Waals surface area contributed by atoms with Crippen LogP contribution in [0.15, 0.2) is 41.3 Å². The molecule has 4 rings (SSSR count). The van der Waals surface area contributed by atoms with Crippen LogP contribution < -0.4 is 10.6 Å². The molecule has 8 nitrogen and oxygen atoms in total. The van der Waals surface area contributed by atoms with Crippen molar-refractivity contribution >= 4 is 39.2 Å². The van der Waals surface area contributed by atoms with Crippen LogP contribution in [-0.2, 0) is 16.1 Å². The van der Waals surface area contributed by atoms with Gasteiger partial charge in [0.25, 0.3) is 0 Å². The van der Waals surface area contributed by atoms with Gasteiger partial charge in [-0.25, -0.2) is 4.98 Å². The maximum atomic E-state index is 12.4. The van der Waals surface area contributed by atoms with Gasteiger partial charge < -0.3 is 15.4 Å². The molecule has 0 spiro atoms. The summed E-state index contributed by atoms with van der Waals surface area (Å²) in [6.07, 6.45) is 9.18. The molecule has 2 N–H and O–H groups in total. The number of nitrogens with zero attached hydrogens (tertiary/aromatic N) is 4. The summed E-state index contributed by atoms with van der Waals surface area (Å²) in [4.78, 5) is 21.3. The lowest BCUT2D eigenvalue weighted by Crippen LogP contribution is -2.38. The standard InChI is InChI=1S/C21H25BrN6O2/c1-2-30-21(29)15-7-3-4-8-17(15)26-18-10-19(24-12-14-6-5-9-23-11-14)28-20(27-18)16(22)13-25-28/h5-6,9-11,13,15,17,24H,2-4,7-8,12H2,1H3,(H,26,27)/t15?,17-/m1/s1. The SMILES string of the molecule is CCOC(=O)C1CCCC[C@H]1Nc1cc(NCc2cccnc2)n2ncc(Br)c2n1. The second-order valence-corrected chi connectivity index (χ2v) is 8.22. The number of esters is 1. The van der Waals surface area contributed by atoms with E-state index in [1.807, 2.05) is 31.3 Å². The van der Waals surface area contributed by atoms with Crippen molar-refractivity contribution in [2.45, 2.75) is 45.2 Å². The zero-order valence-electron chi connectivity index (χ0n) is 16.8. The van der Waals surface area contributed by atoms with Crippen LogP contribution in [0.3, 0.4) is 0 Å². The number of carbonyl (C=O) groups is 1. The first-order valence-corrected chi connectivity index (χ1v) is 11.0. The number of pyridine rings is 1. The number of rotatable bonds is 7. The largest absolute Gasteiger partial charge is 0.466 e. The molecule has 0 aliphatic heterocycles. The van der Waals surface area contributed by atoms with Crippen LogP contribution in [-0.4, -0.2) is 38.2 Å². The third-order valence-electron chi connectivity index (χ3n) is 5.31. The zero-order chi connectivity index (χ0) is 20.9. The lowest BCUT2D eigenvalue weighted by molar-refractivity contribution is -0.149. The van der Waals surface area contributed by atoms with Crippen molar-refractivity contribution in [1.29, 1.82) is 0 Å². The van der Waals surface area contributed by atoms with Crippen molar-refractivity contribution in [2.75, 3.05) is 17.2 Å². The molecular weight excluding hydrogens is 448 g/mol. The van der Waals surface area contributed by atoms with Crippen LogP contribution >= 0.6 is 15.9 Å². The maximum Gasteiger partial charge on any atom is 0.311 e. The Morgan fingerprint density at radius 1 is 1.33 bits per heavy atom. The molecule has 3 aromatic heterocycles. The fraction of sp³-hybridized carbons (Fsp3) is 0.429. The summed E-state index contributed by atoms with van der Waals surface area (Å²) < 4.78 is 7.86. The Morgan fingerprint density at radius 3 is 3.00 bits per heavy atom. The number of fused-ring (bicyclic) bond motifs is 1. The van der Waals surface area contributed by atoms with E-state index < -0.39 is 0 Å². The number of hydrogen-bond acceptors (Lipinski definition) is 7. The fourth-order valence-electron chi connectivity index (χ4n) is 3.86. The van der Waals surface area contributed by atoms with Gasteiger partial charge in [0.2, 0.25) is 0 Å². The van der Waals surface area contributed by atoms with E-state index >= 15 is 0 Å². The summed E-state index contributed by atoms with van der Waals surface area (Å²) in [7, 11) is 0. The summed E-state index contributed by atoms with van der Waals surface area (Å²) in [5, 5.41) is 11.3. The minimum absolute atomic E-state index is 0.000574. The van der Waals surface area contributed by atoms with Gasteiger partial charge in [0.15, 0.2) is 5.65 Å². The minimum Gasteiger partial charge on any atom is -0.466 e. The highest BCUT2D eigenvalue weighted by Crippen LogP contribution is 2.30. The van der Waals surface area contributed by atoms with Gasteiger partial charge in [0, 0.05) is 31.0 Å². The molecule has 1 aliphatic carbocycles. The Morgan fingerprint density at radius 2 is 2.20 bits per heavy atom. The first kappa shape index (κ1) is 20.6. The van der Waals surface area contributed by atoms with E-state index in [0.717, 1.165) is 41.5 Å². The van der Waals surface area contributed by atoms with Crippen LogP contribution in [0, 0.1) is 5.92 Å². The summed E-state index contributed by atoms with van der Waals surface area (Å²) in [5.74, 6) is 1.23. The normalized spacial score (nSPS) is 18.9. The summed E-state index contributed by atoms with van der Waals surface area (Å²) in [5.41, 5.74) is 1.77. The van der Waals surface area contributed by atoms with E-state index in [1.54, 1.807) is 16.9 Å². The van der Waals surface area contributed by atoms with Crippen molar-refractivity contribution in [3.8, 4) is 0 Å². The lowest BCUT2D eigenvalue weighted by Gasteiger charge is -2.31. The molecule has 9 heteroatoms. The number of aromatic nitrogens is 4. The van der Waals surface area contributed by atoms with Gasteiger partial charge in [-0.15, -0.1) is 0 Å². The third-order valence-corrected chi connectivity index (χ3v) is 5.87. The number of halogens is 1. The molecule has 30 heavy (non-hydrogen) atoms. The van der Waals surface area contributed by atoms with Crippen LogP contribution in [0.2, 0.25) is 0 Å². The fourth-order valence-corrected chi connectivity index (χ4v) is 4.20. The number of carbonyl (C=O) groups excluding carboxylic acids is 1. The molecule has 0 aromatic carbocycles. The molecule has 1 unspecified atom stereocenters. The molecule has 0 radical (unpaired) electrons. The maximum absolute atomic E-state index is 12.4. The van der Waals surface area contributed by atoms with Crippen molar-refractivity contribution in [2.24, 2.45) is 5.92 Å². The van der Waals surface area contributed by atoms with Gasteiger partial charge in [-0.3, -0.25) is 9.78 Å². The molecular formula is C21H25BrN6O2. The highest BCUT2D eigenvalue weighted by molar-refractivity contribution is 9.10. The number of anilines is 2. The van der Waals surface area contributed by atoms with Gasteiger partial charge in [0.1, 0.15) is 11.6 Å². The van der Waals surface area contributed by atoms with Crippen molar-refractivity contribution < 1.29 is 9.53 Å². The molecule has 0 bridgehead atoms. The first-order valence-electron chi connectivity index (χ1n) is 10.3. The average molecular weight is 473 g/mol. The van der Waals surface area contributed by atoms with Crippen molar-refractivity contribution in [3.63, 3.8) is 0 Å². The monoisotopic (exact) mass is 472 g/mol. The Hall–Kier alpha value is -2.68. The smallest absolute Gasteiger partial charge is 0.311 e. The third kappa shape index (κ3) is 4.56. The van der Waals surface area contributed by atoms with Gasteiger partial charge in [-0.1, -0.05) is 18.9 Å². The second kappa shape index (κ2) is 9.42.